The summed E-state index contributed by atoms with van der Waals surface area (Å²) >= 11 is 0. The van der Waals surface area contributed by atoms with Crippen molar-refractivity contribution in [2.24, 2.45) is 0 Å². The number of carbonyl (C=O) groups excluding carboxylic acids is 1. The Morgan fingerprint density at radius 3 is 2.63 bits per heavy atom. The summed E-state index contributed by atoms with van der Waals surface area (Å²) < 4.78 is 42.8. The van der Waals surface area contributed by atoms with Gasteiger partial charge in [-0.25, -0.2) is 18.2 Å². The molecule has 3 aromatic rings. The minimum absolute atomic E-state index is 0.00873. The van der Waals surface area contributed by atoms with Crippen LogP contribution >= 0.6 is 0 Å². The molecule has 1 aromatic carbocycles. The number of halogens is 3. The second-order valence-electron chi connectivity index (χ2n) is 9.18. The van der Waals surface area contributed by atoms with Gasteiger partial charge in [-0.2, -0.15) is 0 Å². The number of nitrogens with one attached hydrogen (secondary N) is 3. The van der Waals surface area contributed by atoms with Gasteiger partial charge in [0.2, 0.25) is 0 Å². The van der Waals surface area contributed by atoms with Gasteiger partial charge >= 0.3 is 0 Å². The summed E-state index contributed by atoms with van der Waals surface area (Å²) in [4.78, 5) is 25.5. The average molecular weight is 489 g/mol. The third-order valence-electron chi connectivity index (χ3n) is 5.94. The van der Waals surface area contributed by atoms with Gasteiger partial charge in [-0.15, -0.1) is 0 Å². The van der Waals surface area contributed by atoms with Crippen molar-refractivity contribution in [3.05, 3.63) is 48.4 Å². The molecule has 1 aliphatic carbocycles. The number of hydrogen-bond donors (Lipinski definition) is 4. The first kappa shape index (κ1) is 24.6. The Kier molecular flexibility index (Phi) is 6.79. The molecular weight excluding hydrogens is 461 g/mol. The molecule has 4 N–H and O–H groups in total. The first-order valence-electron chi connectivity index (χ1n) is 11.3. The van der Waals surface area contributed by atoms with Gasteiger partial charge in [0.1, 0.15) is 12.0 Å². The van der Waals surface area contributed by atoms with Crippen LogP contribution in [0.25, 0.3) is 11.0 Å². The zero-order valence-electron chi connectivity index (χ0n) is 19.4. The predicted octanol–water partition coefficient (Wildman–Crippen LogP) is 4.21. The van der Waals surface area contributed by atoms with Gasteiger partial charge in [0.15, 0.2) is 0 Å². The largest absolute Gasteiger partial charge is 0.387 e. The molecule has 35 heavy (non-hydrogen) atoms. The van der Waals surface area contributed by atoms with Crippen LogP contribution in [0.15, 0.2) is 42.9 Å². The van der Waals surface area contributed by atoms with Gasteiger partial charge in [-0.05, 0) is 44.9 Å². The smallest absolute Gasteiger partial charge is 0.267 e. The van der Waals surface area contributed by atoms with E-state index in [2.05, 4.69) is 30.9 Å². The fourth-order valence-corrected chi connectivity index (χ4v) is 3.83. The third kappa shape index (κ3) is 5.79. The second kappa shape index (κ2) is 9.65. The minimum Gasteiger partial charge on any atom is -0.387 e. The number of aliphatic hydroxyl groups is 1. The van der Waals surface area contributed by atoms with Crippen LogP contribution in [-0.2, 0) is 0 Å². The molecule has 1 aliphatic rings. The Balaban J connectivity index is 1.59. The summed E-state index contributed by atoms with van der Waals surface area (Å²) in [6.07, 6.45) is 3.04. The first-order chi connectivity index (χ1) is 16.5. The standard InChI is InChI=1S/C24H27F3N6O2/c1-23(2,35)19(25)13-31-22(34)15-12-30-21(11-17(15)33-20-4-3-7-24(20,26)27)32-14-5-6-16-18(10-14)29-9-8-28-16/h5-6,8-12,19-20,35H,3-4,7,13H2,1-2H3,(H,31,34)(H2,30,32,33). The number of amides is 1. The van der Waals surface area contributed by atoms with Gasteiger partial charge in [-0.1, -0.05) is 0 Å². The number of carbonyl (C=O) groups is 1. The molecule has 4 rings (SSSR count). The molecule has 1 amide bonds. The van der Waals surface area contributed by atoms with E-state index in [1.807, 2.05) is 0 Å². The fraction of sp³-hybridized carbons (Fsp3) is 0.417. The van der Waals surface area contributed by atoms with Gasteiger partial charge in [0.25, 0.3) is 11.8 Å². The summed E-state index contributed by atoms with van der Waals surface area (Å²) in [5, 5.41) is 18.1. The lowest BCUT2D eigenvalue weighted by molar-refractivity contribution is -0.00208. The van der Waals surface area contributed by atoms with E-state index in [4.69, 9.17) is 0 Å². The highest BCUT2D eigenvalue weighted by Crippen LogP contribution is 2.38. The molecule has 2 aromatic heterocycles. The van der Waals surface area contributed by atoms with Crippen LogP contribution in [0, 0.1) is 0 Å². The van der Waals surface area contributed by atoms with E-state index in [0.717, 1.165) is 0 Å². The van der Waals surface area contributed by atoms with Crippen LogP contribution in [0.3, 0.4) is 0 Å². The molecule has 11 heteroatoms. The van der Waals surface area contributed by atoms with E-state index < -0.39 is 36.2 Å². The van der Waals surface area contributed by atoms with Crippen LogP contribution in [0.1, 0.15) is 43.5 Å². The SMILES string of the molecule is CC(C)(O)C(F)CNC(=O)c1cnc(Nc2ccc3nccnc3c2)cc1NC1CCCC1(F)F. The summed E-state index contributed by atoms with van der Waals surface area (Å²) in [5.41, 5.74) is 0.504. The van der Waals surface area contributed by atoms with Gasteiger partial charge < -0.3 is 21.1 Å². The van der Waals surface area contributed by atoms with Crippen LogP contribution in [-0.4, -0.2) is 56.2 Å². The highest BCUT2D eigenvalue weighted by molar-refractivity contribution is 6.00. The molecule has 8 nitrogen and oxygen atoms in total. The van der Waals surface area contributed by atoms with E-state index in [1.54, 1.807) is 30.6 Å². The normalized spacial score (nSPS) is 18.3. The Labute approximate surface area is 200 Å². The minimum atomic E-state index is -2.92. The molecule has 2 atom stereocenters. The van der Waals surface area contributed by atoms with Crippen molar-refractivity contribution in [3.8, 4) is 0 Å². The highest BCUT2D eigenvalue weighted by atomic mass is 19.3. The number of aromatic nitrogens is 3. The Bertz CT molecular complexity index is 1220. The van der Waals surface area contributed by atoms with Crippen molar-refractivity contribution < 1.29 is 23.1 Å². The number of nitrogens with zero attached hydrogens (tertiary/aromatic N) is 3. The van der Waals surface area contributed by atoms with Crippen LogP contribution < -0.4 is 16.0 Å². The van der Waals surface area contributed by atoms with Gasteiger partial charge in [-0.3, -0.25) is 14.8 Å². The number of alkyl halides is 3. The second-order valence-corrected chi connectivity index (χ2v) is 9.18. The van der Waals surface area contributed by atoms with E-state index in [9.17, 15) is 23.1 Å². The van der Waals surface area contributed by atoms with Crippen LogP contribution in [0.4, 0.5) is 30.4 Å². The number of anilines is 3. The Morgan fingerprint density at radius 1 is 1.20 bits per heavy atom. The predicted molar refractivity (Wildman–Crippen MR) is 127 cm³/mol. The quantitative estimate of drug-likeness (QED) is 0.376. The molecule has 0 radical (unpaired) electrons. The molecule has 0 saturated heterocycles. The van der Waals surface area contributed by atoms with Crippen molar-refractivity contribution in [1.82, 2.24) is 20.3 Å². The molecular formula is C24H27F3N6O2. The summed E-state index contributed by atoms with van der Waals surface area (Å²) in [5.74, 6) is -3.30. The Hall–Kier alpha value is -3.47. The summed E-state index contributed by atoms with van der Waals surface area (Å²) in [6, 6.07) is 5.63. The molecule has 2 unspecified atom stereocenters. The van der Waals surface area contributed by atoms with E-state index >= 15 is 0 Å². The molecule has 186 valence electrons. The molecule has 1 fully saturated rings. The Morgan fingerprint density at radius 2 is 1.94 bits per heavy atom. The maximum atomic E-state index is 14.3. The lowest BCUT2D eigenvalue weighted by Gasteiger charge is -2.24. The third-order valence-corrected chi connectivity index (χ3v) is 5.94. The summed E-state index contributed by atoms with van der Waals surface area (Å²) in [6.45, 7) is 2.14. The first-order valence-corrected chi connectivity index (χ1v) is 11.3. The molecule has 2 heterocycles. The number of hydrogen-bond acceptors (Lipinski definition) is 7. The molecule has 0 spiro atoms. The number of fused-ring (bicyclic) bond motifs is 1. The van der Waals surface area contributed by atoms with Crippen molar-refractivity contribution in [2.75, 3.05) is 17.2 Å². The van der Waals surface area contributed by atoms with Gasteiger partial charge in [0.05, 0.1) is 40.5 Å². The van der Waals surface area contributed by atoms with Crippen LogP contribution in [0.5, 0.6) is 0 Å². The van der Waals surface area contributed by atoms with Crippen molar-refractivity contribution in [2.45, 2.75) is 56.8 Å². The summed E-state index contributed by atoms with van der Waals surface area (Å²) in [7, 11) is 0. The fourth-order valence-electron chi connectivity index (χ4n) is 3.83. The van der Waals surface area contributed by atoms with Crippen molar-refractivity contribution in [1.29, 1.82) is 0 Å². The van der Waals surface area contributed by atoms with E-state index in [0.29, 0.717) is 29.0 Å². The maximum Gasteiger partial charge on any atom is 0.267 e. The van der Waals surface area contributed by atoms with Crippen molar-refractivity contribution >= 4 is 34.1 Å². The zero-order chi connectivity index (χ0) is 25.2. The number of rotatable bonds is 8. The van der Waals surface area contributed by atoms with Crippen LogP contribution in [0.2, 0.25) is 0 Å². The molecule has 1 saturated carbocycles. The lowest BCUT2D eigenvalue weighted by Crippen LogP contribution is -2.42. The number of benzene rings is 1. The highest BCUT2D eigenvalue weighted by Gasteiger charge is 2.44. The molecule has 0 bridgehead atoms. The van der Waals surface area contributed by atoms with Gasteiger partial charge in [0, 0.05) is 36.8 Å². The zero-order valence-corrected chi connectivity index (χ0v) is 19.4. The van der Waals surface area contributed by atoms with E-state index in [-0.39, 0.29) is 24.1 Å². The topological polar surface area (TPSA) is 112 Å². The number of pyridine rings is 1. The van der Waals surface area contributed by atoms with E-state index in [1.165, 1.54) is 26.1 Å². The average Bonchev–Trinajstić information content (AvgIpc) is 3.14. The monoisotopic (exact) mass is 488 g/mol. The maximum absolute atomic E-state index is 14.3. The van der Waals surface area contributed by atoms with Crippen molar-refractivity contribution in [3.63, 3.8) is 0 Å². The lowest BCUT2D eigenvalue weighted by atomic mass is 10.0. The molecule has 0 aliphatic heterocycles.